The first-order valence-corrected chi connectivity index (χ1v) is 6.45. The monoisotopic (exact) mass is 295 g/mol. The molecule has 1 aromatic rings. The molecule has 1 unspecified atom stereocenters. The van der Waals surface area contributed by atoms with Gasteiger partial charge in [-0.1, -0.05) is 4.40 Å². The summed E-state index contributed by atoms with van der Waals surface area (Å²) in [6, 6.07) is 2.07. The van der Waals surface area contributed by atoms with Crippen LogP contribution in [0.5, 0.6) is 0 Å². The lowest BCUT2D eigenvalue weighted by Gasteiger charge is -2.18. The van der Waals surface area contributed by atoms with E-state index in [0.717, 1.165) is 12.3 Å². The van der Waals surface area contributed by atoms with Crippen LogP contribution in [0.4, 0.5) is 17.6 Å². The van der Waals surface area contributed by atoms with Gasteiger partial charge in [-0.05, 0) is 39.0 Å². The Labute approximate surface area is 111 Å². The summed E-state index contributed by atoms with van der Waals surface area (Å²) in [5, 5.41) is 0. The number of rotatable bonds is 2. The molecule has 0 bridgehead atoms. The predicted molar refractivity (Wildman–Crippen MR) is 66.9 cm³/mol. The van der Waals surface area contributed by atoms with E-state index in [1.165, 1.54) is 0 Å². The van der Waals surface area contributed by atoms with Crippen molar-refractivity contribution >= 4 is 17.6 Å². The largest absolute Gasteiger partial charge is 0.591 e. The molecular formula is C12H13F4NOS. The van der Waals surface area contributed by atoms with Gasteiger partial charge in [0.15, 0.2) is 0 Å². The third-order valence-corrected chi connectivity index (χ3v) is 3.48. The van der Waals surface area contributed by atoms with E-state index in [1.807, 2.05) is 0 Å². The van der Waals surface area contributed by atoms with Crippen molar-refractivity contribution in [3.63, 3.8) is 0 Å². The lowest BCUT2D eigenvalue weighted by Crippen LogP contribution is -2.26. The van der Waals surface area contributed by atoms with Crippen LogP contribution in [0.15, 0.2) is 22.6 Å². The summed E-state index contributed by atoms with van der Waals surface area (Å²) in [5.41, 5.74) is -1.45. The van der Waals surface area contributed by atoms with Crippen molar-refractivity contribution in [3.8, 4) is 0 Å². The van der Waals surface area contributed by atoms with E-state index in [-0.39, 0.29) is 0 Å². The Morgan fingerprint density at radius 1 is 1.21 bits per heavy atom. The Morgan fingerprint density at radius 3 is 2.26 bits per heavy atom. The van der Waals surface area contributed by atoms with Crippen molar-refractivity contribution in [3.05, 3.63) is 35.1 Å². The highest BCUT2D eigenvalue weighted by Crippen LogP contribution is 2.31. The first kappa shape index (κ1) is 16.0. The van der Waals surface area contributed by atoms with Crippen LogP contribution in [0.25, 0.3) is 0 Å². The fourth-order valence-electron chi connectivity index (χ4n) is 1.16. The summed E-state index contributed by atoms with van der Waals surface area (Å²) in [6.45, 7) is 4.91. The quantitative estimate of drug-likeness (QED) is 0.465. The van der Waals surface area contributed by atoms with Crippen LogP contribution in [-0.2, 0) is 17.5 Å². The van der Waals surface area contributed by atoms with Gasteiger partial charge in [-0.3, -0.25) is 0 Å². The molecule has 106 valence electrons. The van der Waals surface area contributed by atoms with Gasteiger partial charge >= 0.3 is 6.18 Å². The molecule has 0 spiro atoms. The number of halogens is 4. The van der Waals surface area contributed by atoms with Gasteiger partial charge in [0.25, 0.3) is 0 Å². The summed E-state index contributed by atoms with van der Waals surface area (Å²) in [5.74, 6) is -0.809. The summed E-state index contributed by atoms with van der Waals surface area (Å²) >= 11 is -1.70. The smallest absolute Gasteiger partial charge is 0.417 e. The Kier molecular flexibility index (Phi) is 4.63. The maximum atomic E-state index is 13.0. The average Bonchev–Trinajstić information content (AvgIpc) is 2.22. The molecular weight excluding hydrogens is 282 g/mol. The van der Waals surface area contributed by atoms with Crippen LogP contribution < -0.4 is 0 Å². The molecule has 0 heterocycles. The first-order chi connectivity index (χ1) is 8.51. The van der Waals surface area contributed by atoms with Gasteiger partial charge in [-0.2, -0.15) is 13.2 Å². The van der Waals surface area contributed by atoms with E-state index >= 15 is 0 Å². The maximum Gasteiger partial charge on any atom is 0.417 e. The molecule has 1 rings (SSSR count). The molecule has 0 aliphatic rings. The molecule has 0 saturated heterocycles. The van der Waals surface area contributed by atoms with Gasteiger partial charge in [0, 0.05) is 5.56 Å². The summed E-state index contributed by atoms with van der Waals surface area (Å²) in [6.07, 6.45) is -3.81. The molecule has 0 N–H and O–H groups in total. The summed E-state index contributed by atoms with van der Waals surface area (Å²) in [4.78, 5) is 0. The minimum Gasteiger partial charge on any atom is -0.591 e. The maximum absolute atomic E-state index is 13.0. The third-order valence-electron chi connectivity index (χ3n) is 2.13. The molecule has 0 saturated carbocycles. The number of alkyl halides is 3. The third kappa shape index (κ3) is 4.50. The second-order valence-corrected chi connectivity index (χ2v) is 6.76. The van der Waals surface area contributed by atoms with Crippen LogP contribution in [0, 0.1) is 5.82 Å². The van der Waals surface area contributed by atoms with E-state index in [9.17, 15) is 22.1 Å². The zero-order chi connectivity index (χ0) is 14.8. The molecule has 0 aromatic heterocycles. The Hall–Kier alpha value is -1.08. The first-order valence-electron chi connectivity index (χ1n) is 5.34. The molecule has 1 atom stereocenters. The van der Waals surface area contributed by atoms with Crippen LogP contribution in [0.2, 0.25) is 0 Å². The Bertz CT molecular complexity index is 480. The lowest BCUT2D eigenvalue weighted by molar-refractivity contribution is -0.137. The summed E-state index contributed by atoms with van der Waals surface area (Å²) in [7, 11) is 0. The number of hydrogen-bond acceptors (Lipinski definition) is 2. The average molecular weight is 295 g/mol. The van der Waals surface area contributed by atoms with Gasteiger partial charge in [-0.25, -0.2) is 4.39 Å². The molecule has 0 aliphatic heterocycles. The van der Waals surface area contributed by atoms with Gasteiger partial charge in [0.1, 0.15) is 21.9 Å². The van der Waals surface area contributed by atoms with Crippen LogP contribution in [0.1, 0.15) is 31.9 Å². The zero-order valence-corrected chi connectivity index (χ0v) is 11.4. The van der Waals surface area contributed by atoms with Crippen LogP contribution in [-0.4, -0.2) is 15.5 Å². The van der Waals surface area contributed by atoms with Gasteiger partial charge in [0.2, 0.25) is 0 Å². The lowest BCUT2D eigenvalue weighted by atomic mass is 10.1. The SMILES string of the molecule is CC(C)(C)[S+]([O-])N=Cc1cc(F)ccc1C(F)(F)F. The molecule has 0 amide bonds. The van der Waals surface area contributed by atoms with Crippen molar-refractivity contribution in [2.24, 2.45) is 4.40 Å². The van der Waals surface area contributed by atoms with E-state index in [2.05, 4.69) is 4.40 Å². The Balaban J connectivity index is 3.13. The standard InChI is InChI=1S/C12H13F4NOS/c1-11(2,3)19(18)17-7-8-6-9(13)4-5-10(8)12(14,15)16/h4-7H,1-3H3. The van der Waals surface area contributed by atoms with Gasteiger partial charge < -0.3 is 4.55 Å². The summed E-state index contributed by atoms with van der Waals surface area (Å²) < 4.78 is 65.5. The normalized spacial score (nSPS) is 14.9. The molecule has 19 heavy (non-hydrogen) atoms. The second-order valence-electron chi connectivity index (χ2n) is 4.83. The number of nitrogens with zero attached hydrogens (tertiary/aromatic N) is 1. The molecule has 7 heteroatoms. The fourth-order valence-corrected chi connectivity index (χ4v) is 1.69. The van der Waals surface area contributed by atoms with Crippen molar-refractivity contribution in [1.82, 2.24) is 0 Å². The predicted octanol–water partition coefficient (Wildman–Crippen LogP) is 3.73. The highest BCUT2D eigenvalue weighted by atomic mass is 32.2. The highest BCUT2D eigenvalue weighted by molar-refractivity contribution is 7.91. The molecule has 0 aliphatic carbocycles. The number of benzene rings is 1. The van der Waals surface area contributed by atoms with E-state index in [0.29, 0.717) is 12.1 Å². The second kappa shape index (κ2) is 5.50. The van der Waals surface area contributed by atoms with E-state index in [4.69, 9.17) is 0 Å². The van der Waals surface area contributed by atoms with Gasteiger partial charge in [0.05, 0.1) is 11.8 Å². The molecule has 0 fully saturated rings. The van der Waals surface area contributed by atoms with Crippen LogP contribution in [0.3, 0.4) is 0 Å². The molecule has 2 nitrogen and oxygen atoms in total. The zero-order valence-electron chi connectivity index (χ0n) is 10.6. The minimum atomic E-state index is -4.61. The van der Waals surface area contributed by atoms with Crippen LogP contribution >= 0.6 is 0 Å². The highest BCUT2D eigenvalue weighted by Gasteiger charge is 2.33. The fraction of sp³-hybridized carbons (Fsp3) is 0.417. The van der Waals surface area contributed by atoms with Crippen molar-refractivity contribution in [2.75, 3.05) is 0 Å². The van der Waals surface area contributed by atoms with E-state index in [1.54, 1.807) is 20.8 Å². The van der Waals surface area contributed by atoms with Crippen molar-refractivity contribution < 1.29 is 22.1 Å². The van der Waals surface area contributed by atoms with E-state index < -0.39 is 39.2 Å². The van der Waals surface area contributed by atoms with Crippen molar-refractivity contribution in [2.45, 2.75) is 31.7 Å². The van der Waals surface area contributed by atoms with Gasteiger partial charge in [-0.15, -0.1) is 0 Å². The Morgan fingerprint density at radius 2 is 1.79 bits per heavy atom. The molecule has 1 aromatic carbocycles. The topological polar surface area (TPSA) is 35.4 Å². The molecule has 0 radical (unpaired) electrons. The van der Waals surface area contributed by atoms with Crippen molar-refractivity contribution in [1.29, 1.82) is 0 Å². The number of hydrogen-bond donors (Lipinski definition) is 0. The minimum absolute atomic E-state index is 0.440.